The summed E-state index contributed by atoms with van der Waals surface area (Å²) in [5.41, 5.74) is 5.74. The van der Waals surface area contributed by atoms with Crippen molar-refractivity contribution in [3.05, 3.63) is 11.9 Å². The van der Waals surface area contributed by atoms with Crippen LogP contribution in [-0.4, -0.2) is 27.7 Å². The van der Waals surface area contributed by atoms with E-state index in [9.17, 15) is 5.11 Å². The molecule has 1 aliphatic rings. The lowest BCUT2D eigenvalue weighted by Gasteiger charge is -2.19. The highest BCUT2D eigenvalue weighted by Crippen LogP contribution is 2.27. The average Bonchev–Trinajstić information content (AvgIpc) is 2.75. The highest BCUT2D eigenvalue weighted by atomic mass is 16.3. The van der Waals surface area contributed by atoms with Crippen molar-refractivity contribution in [2.24, 2.45) is 5.92 Å². The van der Waals surface area contributed by atoms with Crippen LogP contribution in [0.2, 0.25) is 0 Å². The molecule has 1 aromatic rings. The Morgan fingerprint density at radius 1 is 1.47 bits per heavy atom. The van der Waals surface area contributed by atoms with Gasteiger partial charge in [-0.2, -0.15) is 0 Å². The summed E-state index contributed by atoms with van der Waals surface area (Å²) >= 11 is 0. The van der Waals surface area contributed by atoms with E-state index in [2.05, 4.69) is 15.3 Å². The van der Waals surface area contributed by atoms with Gasteiger partial charge in [0.1, 0.15) is 17.5 Å². The molecule has 0 aliphatic heterocycles. The zero-order valence-electron chi connectivity index (χ0n) is 10.2. The molecule has 1 fully saturated rings. The second-order valence-electron chi connectivity index (χ2n) is 4.57. The molecule has 0 aromatic carbocycles. The Labute approximate surface area is 101 Å². The first kappa shape index (κ1) is 12.1. The van der Waals surface area contributed by atoms with Gasteiger partial charge in [0.2, 0.25) is 0 Å². The van der Waals surface area contributed by atoms with E-state index in [1.807, 2.05) is 6.92 Å². The molecule has 1 aliphatic carbocycles. The van der Waals surface area contributed by atoms with Gasteiger partial charge in [0.15, 0.2) is 0 Å². The van der Waals surface area contributed by atoms with Crippen LogP contribution >= 0.6 is 0 Å². The van der Waals surface area contributed by atoms with Crippen molar-refractivity contribution in [2.45, 2.75) is 38.6 Å². The van der Waals surface area contributed by atoms with Crippen LogP contribution in [-0.2, 0) is 6.42 Å². The summed E-state index contributed by atoms with van der Waals surface area (Å²) in [6.07, 6.45) is 4.09. The lowest BCUT2D eigenvalue weighted by molar-refractivity contribution is 0.222. The maximum absolute atomic E-state index is 9.27. The van der Waals surface area contributed by atoms with Gasteiger partial charge in [0.25, 0.3) is 0 Å². The maximum atomic E-state index is 9.27. The zero-order valence-corrected chi connectivity index (χ0v) is 10.2. The van der Waals surface area contributed by atoms with Crippen LogP contribution in [0.15, 0.2) is 6.07 Å². The minimum absolute atomic E-state index is 0.235. The predicted octanol–water partition coefficient (Wildman–Crippen LogP) is 1.19. The van der Waals surface area contributed by atoms with E-state index in [0.717, 1.165) is 37.3 Å². The van der Waals surface area contributed by atoms with E-state index in [-0.39, 0.29) is 6.61 Å². The fraction of sp³-hybridized carbons (Fsp3) is 0.667. The summed E-state index contributed by atoms with van der Waals surface area (Å²) in [7, 11) is 0. The van der Waals surface area contributed by atoms with Crippen LogP contribution in [0.3, 0.4) is 0 Å². The van der Waals surface area contributed by atoms with Gasteiger partial charge in [0.05, 0.1) is 0 Å². The highest BCUT2D eigenvalue weighted by molar-refractivity contribution is 5.45. The molecule has 1 saturated carbocycles. The normalized spacial score (nSPS) is 23.9. The molecule has 5 heteroatoms. The van der Waals surface area contributed by atoms with Crippen molar-refractivity contribution in [1.82, 2.24) is 9.97 Å². The number of nitrogen functional groups attached to an aromatic ring is 1. The largest absolute Gasteiger partial charge is 0.396 e. The molecule has 0 saturated heterocycles. The number of nitrogens with zero attached hydrogens (tertiary/aromatic N) is 2. The smallest absolute Gasteiger partial charge is 0.132 e. The Hall–Kier alpha value is -1.36. The van der Waals surface area contributed by atoms with Crippen molar-refractivity contribution < 1.29 is 5.11 Å². The quantitative estimate of drug-likeness (QED) is 0.731. The summed E-state index contributed by atoms with van der Waals surface area (Å²) in [6, 6.07) is 2.06. The number of anilines is 2. The van der Waals surface area contributed by atoms with Crippen LogP contribution < -0.4 is 11.1 Å². The fourth-order valence-electron chi connectivity index (χ4n) is 2.39. The van der Waals surface area contributed by atoms with E-state index in [4.69, 9.17) is 5.73 Å². The Morgan fingerprint density at radius 2 is 2.29 bits per heavy atom. The van der Waals surface area contributed by atoms with Gasteiger partial charge in [-0.3, -0.25) is 0 Å². The number of nitrogens with one attached hydrogen (secondary N) is 1. The molecule has 17 heavy (non-hydrogen) atoms. The number of hydrogen-bond donors (Lipinski definition) is 3. The topological polar surface area (TPSA) is 84.1 Å². The molecular formula is C12H20N4O. The molecule has 5 nitrogen and oxygen atoms in total. The fourth-order valence-corrected chi connectivity index (χ4v) is 2.39. The predicted molar refractivity (Wildman–Crippen MR) is 67.7 cm³/mol. The third kappa shape index (κ3) is 2.85. The second-order valence-corrected chi connectivity index (χ2v) is 4.57. The average molecular weight is 236 g/mol. The number of rotatable bonds is 4. The van der Waals surface area contributed by atoms with E-state index >= 15 is 0 Å². The molecule has 0 amide bonds. The Bertz CT molecular complexity index is 383. The SMILES string of the molecule is CCc1nc(N)cc(NC2CCCC2CO)n1. The van der Waals surface area contributed by atoms with Gasteiger partial charge in [-0.15, -0.1) is 0 Å². The van der Waals surface area contributed by atoms with Crippen LogP contribution in [0.1, 0.15) is 32.0 Å². The number of aliphatic hydroxyl groups excluding tert-OH is 1. The molecular weight excluding hydrogens is 216 g/mol. The summed E-state index contributed by atoms with van der Waals surface area (Å²) < 4.78 is 0. The molecule has 2 atom stereocenters. The third-order valence-electron chi connectivity index (χ3n) is 3.34. The molecule has 2 rings (SSSR count). The molecule has 0 spiro atoms. The number of aromatic nitrogens is 2. The van der Waals surface area contributed by atoms with Crippen molar-refractivity contribution in [2.75, 3.05) is 17.7 Å². The molecule has 1 heterocycles. The van der Waals surface area contributed by atoms with Gasteiger partial charge >= 0.3 is 0 Å². The second kappa shape index (κ2) is 5.31. The first-order valence-electron chi connectivity index (χ1n) is 6.23. The maximum Gasteiger partial charge on any atom is 0.132 e. The lowest BCUT2D eigenvalue weighted by atomic mass is 10.1. The van der Waals surface area contributed by atoms with E-state index in [1.165, 1.54) is 0 Å². The van der Waals surface area contributed by atoms with Crippen LogP contribution in [0, 0.1) is 5.92 Å². The van der Waals surface area contributed by atoms with E-state index in [1.54, 1.807) is 6.07 Å². The van der Waals surface area contributed by atoms with Gasteiger partial charge in [-0.25, -0.2) is 9.97 Å². The Balaban J connectivity index is 2.09. The van der Waals surface area contributed by atoms with Gasteiger partial charge in [-0.1, -0.05) is 13.3 Å². The summed E-state index contributed by atoms with van der Waals surface area (Å²) in [6.45, 7) is 2.24. The van der Waals surface area contributed by atoms with E-state index < -0.39 is 0 Å². The van der Waals surface area contributed by atoms with Crippen LogP contribution in [0.5, 0.6) is 0 Å². The van der Waals surface area contributed by atoms with Crippen molar-refractivity contribution in [3.63, 3.8) is 0 Å². The van der Waals surface area contributed by atoms with Crippen molar-refractivity contribution in [1.29, 1.82) is 0 Å². The number of hydrogen-bond acceptors (Lipinski definition) is 5. The molecule has 2 unspecified atom stereocenters. The standard InChI is InChI=1S/C12H20N4O/c1-2-11-15-10(13)6-12(16-11)14-9-5-3-4-8(9)7-17/h6,8-9,17H,2-5,7H2,1H3,(H3,13,14,15,16). The summed E-state index contributed by atoms with van der Waals surface area (Å²) in [4.78, 5) is 8.54. The van der Waals surface area contributed by atoms with Crippen LogP contribution in [0.25, 0.3) is 0 Å². The highest BCUT2D eigenvalue weighted by Gasteiger charge is 2.26. The minimum Gasteiger partial charge on any atom is -0.396 e. The van der Waals surface area contributed by atoms with Crippen molar-refractivity contribution in [3.8, 4) is 0 Å². The third-order valence-corrected chi connectivity index (χ3v) is 3.34. The summed E-state index contributed by atoms with van der Waals surface area (Å²) in [5, 5.41) is 12.6. The van der Waals surface area contributed by atoms with Gasteiger partial charge in [-0.05, 0) is 12.8 Å². The molecule has 94 valence electrons. The molecule has 1 aromatic heterocycles. The first-order valence-corrected chi connectivity index (χ1v) is 6.23. The van der Waals surface area contributed by atoms with Gasteiger partial charge in [0, 0.05) is 31.1 Å². The minimum atomic E-state index is 0.235. The van der Waals surface area contributed by atoms with Crippen LogP contribution in [0.4, 0.5) is 11.6 Å². The number of aliphatic hydroxyl groups is 1. The Morgan fingerprint density at radius 3 is 3.00 bits per heavy atom. The first-order chi connectivity index (χ1) is 8.22. The van der Waals surface area contributed by atoms with E-state index in [0.29, 0.717) is 17.8 Å². The monoisotopic (exact) mass is 236 g/mol. The van der Waals surface area contributed by atoms with Crippen molar-refractivity contribution >= 4 is 11.6 Å². The number of nitrogens with two attached hydrogens (primary N) is 1. The zero-order chi connectivity index (χ0) is 12.3. The molecule has 0 radical (unpaired) electrons. The number of aryl methyl sites for hydroxylation is 1. The Kier molecular flexibility index (Phi) is 3.78. The lowest BCUT2D eigenvalue weighted by Crippen LogP contribution is -2.27. The summed E-state index contributed by atoms with van der Waals surface area (Å²) in [5.74, 6) is 2.36. The molecule has 4 N–H and O–H groups in total. The van der Waals surface area contributed by atoms with Gasteiger partial charge < -0.3 is 16.2 Å². The molecule has 0 bridgehead atoms.